The van der Waals surface area contributed by atoms with Crippen LogP contribution in [0.2, 0.25) is 0 Å². The average Bonchev–Trinajstić information content (AvgIpc) is 0.844. The molecule has 3 aliphatic heterocycles. The third-order valence-electron chi connectivity index (χ3n) is 16.3. The van der Waals surface area contributed by atoms with E-state index in [1.165, 1.54) is 20.8 Å². The summed E-state index contributed by atoms with van der Waals surface area (Å²) in [7, 11) is 0. The van der Waals surface area contributed by atoms with Crippen LogP contribution in [-0.4, -0.2) is 276 Å². The first-order chi connectivity index (χ1) is 45.3. The summed E-state index contributed by atoms with van der Waals surface area (Å²) in [6.45, 7) is 4.12. The Balaban J connectivity index is 1.37. The zero-order valence-corrected chi connectivity index (χ0v) is 55.2. The molecule has 0 radical (unpaired) electrons. The maximum absolute atomic E-state index is 13.1. The van der Waals surface area contributed by atoms with E-state index in [1.807, 2.05) is 0 Å². The summed E-state index contributed by atoms with van der Waals surface area (Å²) >= 11 is 0. The van der Waals surface area contributed by atoms with E-state index in [0.717, 1.165) is 0 Å². The van der Waals surface area contributed by atoms with Crippen LogP contribution in [0, 0.1) is 0 Å². The number of hydrogen-bond acceptors (Lipinski definition) is 25. The number of ether oxygens (including phenoxy) is 6. The lowest BCUT2D eigenvalue weighted by atomic mass is 9.84. The Kier molecular flexibility index (Phi) is 41.2. The highest BCUT2D eigenvalue weighted by atomic mass is 16.7. The van der Waals surface area contributed by atoms with Gasteiger partial charge in [-0.15, -0.1) is 0 Å². The number of aliphatic hydroxyl groups is 9. The zero-order valence-electron chi connectivity index (χ0n) is 55.2. The highest BCUT2D eigenvalue weighted by Gasteiger charge is 2.48. The van der Waals surface area contributed by atoms with Crippen LogP contribution in [0.25, 0.3) is 0 Å². The number of carbonyl (C=O) groups is 9. The van der Waals surface area contributed by atoms with Crippen molar-refractivity contribution in [3.05, 3.63) is 0 Å². The Bertz CT molecular complexity index is 2060. The molecule has 548 valence electrons. The van der Waals surface area contributed by atoms with Gasteiger partial charge in [0.05, 0.1) is 19.8 Å². The second-order valence-corrected chi connectivity index (χ2v) is 24.4. The Hall–Kier alpha value is -5.41. The molecule has 20 N–H and O–H groups in total. The lowest BCUT2D eigenvalue weighted by Gasteiger charge is -2.42. The maximum atomic E-state index is 13.1. The fourth-order valence-electron chi connectivity index (χ4n) is 10.8. The van der Waals surface area contributed by atoms with Gasteiger partial charge in [-0.25, -0.2) is 0 Å². The molecular formula is C61H110N10O24. The van der Waals surface area contributed by atoms with Crippen LogP contribution < -0.4 is 53.6 Å². The van der Waals surface area contributed by atoms with Gasteiger partial charge in [-0.1, -0.05) is 19.3 Å². The average molecular weight is 1370 g/mol. The van der Waals surface area contributed by atoms with E-state index in [4.69, 9.17) is 34.2 Å². The van der Waals surface area contributed by atoms with Crippen LogP contribution in [0.15, 0.2) is 0 Å². The number of hydrogen-bond donors (Lipinski definition) is 19. The number of carbonyl (C=O) groups excluding carboxylic acids is 9. The van der Waals surface area contributed by atoms with E-state index in [0.29, 0.717) is 96.7 Å². The van der Waals surface area contributed by atoms with Crippen molar-refractivity contribution in [2.24, 2.45) is 5.73 Å². The van der Waals surface area contributed by atoms with Crippen LogP contribution in [0.4, 0.5) is 0 Å². The second-order valence-electron chi connectivity index (χ2n) is 24.4. The fraction of sp³-hybridized carbons (Fsp3) is 0.852. The summed E-state index contributed by atoms with van der Waals surface area (Å²) in [6, 6.07) is -3.16. The minimum atomic E-state index is -1.43. The van der Waals surface area contributed by atoms with Gasteiger partial charge in [0, 0.05) is 124 Å². The molecule has 3 rings (SSSR count). The molecule has 0 aromatic rings. The largest absolute Gasteiger partial charge is 0.394 e. The quantitative estimate of drug-likeness (QED) is 0.0253. The monoisotopic (exact) mass is 1370 g/mol. The maximum Gasteiger partial charge on any atom is 0.220 e. The van der Waals surface area contributed by atoms with Crippen molar-refractivity contribution in [3.8, 4) is 0 Å². The van der Waals surface area contributed by atoms with Gasteiger partial charge >= 0.3 is 0 Å². The molecule has 3 saturated heterocycles. The topological polar surface area (TPSA) is 525 Å². The van der Waals surface area contributed by atoms with E-state index in [9.17, 15) is 89.1 Å². The van der Waals surface area contributed by atoms with Crippen molar-refractivity contribution in [2.75, 3.05) is 78.9 Å². The summed E-state index contributed by atoms with van der Waals surface area (Å²) in [5, 5.41) is 115. The van der Waals surface area contributed by atoms with Gasteiger partial charge in [0.15, 0.2) is 18.9 Å². The van der Waals surface area contributed by atoms with Crippen molar-refractivity contribution < 1.29 is 118 Å². The van der Waals surface area contributed by atoms with Crippen LogP contribution in [0.3, 0.4) is 0 Å². The number of rotatable bonds is 48. The molecule has 0 aromatic carbocycles. The van der Waals surface area contributed by atoms with E-state index < -0.39 is 135 Å². The lowest BCUT2D eigenvalue weighted by molar-refractivity contribution is -0.270. The molecule has 3 fully saturated rings. The summed E-state index contributed by atoms with van der Waals surface area (Å²) < 4.78 is 33.8. The summed E-state index contributed by atoms with van der Waals surface area (Å²) in [5.74, 6) is -2.93. The third-order valence-corrected chi connectivity index (χ3v) is 16.3. The van der Waals surface area contributed by atoms with Crippen molar-refractivity contribution in [1.29, 1.82) is 0 Å². The molecule has 95 heavy (non-hydrogen) atoms. The van der Waals surface area contributed by atoms with Crippen molar-refractivity contribution in [3.63, 3.8) is 0 Å². The summed E-state index contributed by atoms with van der Waals surface area (Å²) in [6.07, 6.45) is -7.92. The van der Waals surface area contributed by atoms with Crippen molar-refractivity contribution >= 4 is 53.2 Å². The summed E-state index contributed by atoms with van der Waals surface area (Å²) in [5.41, 5.74) is 5.75. The number of nitrogens with two attached hydrogens (primary N) is 1. The molecule has 0 unspecified atom stereocenters. The first kappa shape index (κ1) is 83.8. The van der Waals surface area contributed by atoms with E-state index in [-0.39, 0.29) is 133 Å². The molecule has 15 atom stereocenters. The molecule has 34 heteroatoms. The summed E-state index contributed by atoms with van der Waals surface area (Å²) in [4.78, 5) is 112. The minimum Gasteiger partial charge on any atom is -0.394 e. The van der Waals surface area contributed by atoms with Crippen LogP contribution in [0.1, 0.15) is 156 Å². The van der Waals surface area contributed by atoms with Gasteiger partial charge in [-0.3, -0.25) is 43.2 Å². The first-order valence-electron chi connectivity index (χ1n) is 33.3. The second kappa shape index (κ2) is 46.7. The van der Waals surface area contributed by atoms with Gasteiger partial charge in [-0.2, -0.15) is 0 Å². The number of aliphatic hydroxyl groups excluding tert-OH is 9. The normalized spacial score (nSPS) is 25.9. The minimum absolute atomic E-state index is 0.0151. The smallest absolute Gasteiger partial charge is 0.220 e. The predicted molar refractivity (Wildman–Crippen MR) is 336 cm³/mol. The number of amides is 9. The van der Waals surface area contributed by atoms with Gasteiger partial charge < -0.3 is 128 Å². The van der Waals surface area contributed by atoms with Crippen LogP contribution in [0.5, 0.6) is 0 Å². The van der Waals surface area contributed by atoms with Crippen molar-refractivity contribution in [2.45, 2.75) is 253 Å². The number of nitrogens with one attached hydrogen (secondary N) is 9. The standard InChI is InChI=1S/C61H110N10O24/c1-37(75)69-49-55(87)52(84)40(34-72)93-58(49)90-31-10-4-7-16-43(78)63-25-13-28-66-46(81)19-22-61(62,23-20-47(82)67-29-14-26-64-44(79)17-8-5-11-32-91-59-50(70-38(2)76)56(88)53(85)41(35-73)94-59)24-21-48(83)68-30-15-27-65-45(80)18-9-6-12-33-92-60-51(71-39(3)77)57(89)54(86)42(36-74)95-60/h40-42,49-60,72-74,84-89H,4-36,62H2,1-3H3,(H,63,78)(H,64,79)(H,65,80)(H,66,81)(H,67,82)(H,68,83)(H,69,75)(H,70,76)(H,71,77)/t40-,41-,42-,49-,50-,51-,52+,53+,54+,55-,56-,57-,58+,59+,60+/m1/s1. The number of unbranched alkanes of at least 4 members (excludes halogenated alkanes) is 6. The lowest BCUT2D eigenvalue weighted by Crippen LogP contribution is -2.64. The molecular weight excluding hydrogens is 1260 g/mol. The molecule has 3 heterocycles. The first-order valence-corrected chi connectivity index (χ1v) is 33.3. The molecule has 34 nitrogen and oxygen atoms in total. The van der Waals surface area contributed by atoms with Crippen molar-refractivity contribution in [1.82, 2.24) is 47.9 Å². The Morgan fingerprint density at radius 3 is 0.800 bits per heavy atom. The molecule has 0 aliphatic carbocycles. The van der Waals surface area contributed by atoms with Gasteiger partial charge in [-0.05, 0) is 77.0 Å². The molecule has 0 spiro atoms. The highest BCUT2D eigenvalue weighted by Crippen LogP contribution is 2.27. The van der Waals surface area contributed by atoms with Gasteiger partial charge in [0.25, 0.3) is 0 Å². The van der Waals surface area contributed by atoms with Crippen LogP contribution >= 0.6 is 0 Å². The molecule has 0 saturated carbocycles. The zero-order chi connectivity index (χ0) is 70.3. The molecule has 9 amide bonds. The van der Waals surface area contributed by atoms with Gasteiger partial charge in [0.1, 0.15) is 73.1 Å². The van der Waals surface area contributed by atoms with E-state index in [1.54, 1.807) is 0 Å². The molecule has 0 bridgehead atoms. The van der Waals surface area contributed by atoms with E-state index >= 15 is 0 Å². The SMILES string of the molecule is CC(=O)N[C@H]1[C@@H](OCCCCCC(=O)NCCCNC(=O)CCC(N)(CCC(=O)NCCCNC(=O)CCCCCO[C@H]2O[C@H](CO)[C@H](O)[C@H](O)[C@H]2NC(C)=O)CCC(=O)NCCCNC(=O)CCCCCO[C@H]2O[C@H](CO)[C@H](O)[C@H](O)[C@H]2NC(C)=O)O[C@H](CO)[C@H](O)[C@@H]1O. The van der Waals surface area contributed by atoms with Crippen LogP contribution in [-0.2, 0) is 71.6 Å². The Morgan fingerprint density at radius 1 is 0.347 bits per heavy atom. The third kappa shape index (κ3) is 33.1. The molecule has 0 aromatic heterocycles. The predicted octanol–water partition coefficient (Wildman–Crippen LogP) is -5.55. The molecule has 3 aliphatic rings. The Morgan fingerprint density at radius 2 is 0.579 bits per heavy atom. The fourth-order valence-corrected chi connectivity index (χ4v) is 10.8. The highest BCUT2D eigenvalue weighted by molar-refractivity contribution is 5.79. The van der Waals surface area contributed by atoms with Gasteiger partial charge in [0.2, 0.25) is 53.2 Å². The Labute approximate surface area is 554 Å². The van der Waals surface area contributed by atoms with E-state index in [2.05, 4.69) is 47.9 Å².